The van der Waals surface area contributed by atoms with E-state index in [9.17, 15) is 4.79 Å². The van der Waals surface area contributed by atoms with E-state index in [0.717, 1.165) is 30.6 Å². The smallest absolute Gasteiger partial charge is 0.233 e. The minimum absolute atomic E-state index is 0.248. The number of carbonyl (C=O) groups excluding carboxylic acids is 1. The number of hydrogen-bond donors (Lipinski definition) is 0. The van der Waals surface area contributed by atoms with Gasteiger partial charge in [0.25, 0.3) is 0 Å². The van der Waals surface area contributed by atoms with E-state index in [4.69, 9.17) is 4.74 Å². The Balaban J connectivity index is 1.87. The lowest BCUT2D eigenvalue weighted by atomic mass is 9.68. The number of amides is 1. The number of hydrogen-bond acceptors (Lipinski definition) is 2. The van der Waals surface area contributed by atoms with E-state index in [2.05, 4.69) is 24.3 Å². The van der Waals surface area contributed by atoms with Crippen LogP contribution in [0.3, 0.4) is 0 Å². The largest absolute Gasteiger partial charge is 0.497 e. The summed E-state index contributed by atoms with van der Waals surface area (Å²) < 4.78 is 5.42. The fourth-order valence-electron chi connectivity index (χ4n) is 4.31. The summed E-state index contributed by atoms with van der Waals surface area (Å²) in [5.41, 5.74) is 3.22. The average molecular weight is 307 g/mol. The van der Waals surface area contributed by atoms with Gasteiger partial charge in [-0.2, -0.15) is 0 Å². The Morgan fingerprint density at radius 3 is 2.74 bits per heavy atom. The molecule has 1 aliphatic heterocycles. The number of nitrogens with zero attached hydrogens (tertiary/aromatic N) is 1. The fourth-order valence-corrected chi connectivity index (χ4v) is 4.31. The molecule has 2 atom stereocenters. The van der Waals surface area contributed by atoms with Crippen molar-refractivity contribution in [3.63, 3.8) is 0 Å². The molecule has 23 heavy (non-hydrogen) atoms. The van der Waals surface area contributed by atoms with Gasteiger partial charge in [-0.25, -0.2) is 0 Å². The van der Waals surface area contributed by atoms with Gasteiger partial charge in [0.2, 0.25) is 5.91 Å². The maximum atomic E-state index is 13.2. The van der Waals surface area contributed by atoms with Crippen LogP contribution >= 0.6 is 0 Å². The van der Waals surface area contributed by atoms with Gasteiger partial charge < -0.3 is 9.64 Å². The van der Waals surface area contributed by atoms with Crippen molar-refractivity contribution in [1.29, 1.82) is 0 Å². The topological polar surface area (TPSA) is 29.5 Å². The molecule has 3 nitrogen and oxygen atoms in total. The molecule has 2 bridgehead atoms. The number of ether oxygens (including phenoxy) is 1. The SMILES string of the molecule is COc1ccc2c(c1)[C@@]1(Cc3ccccc3)C[C@@H](C2)N(C)C1=O. The fraction of sp³-hybridized carbons (Fsp3) is 0.350. The molecule has 3 heteroatoms. The monoisotopic (exact) mass is 307 g/mol. The number of carbonyl (C=O) groups is 1. The van der Waals surface area contributed by atoms with Crippen molar-refractivity contribution in [3.05, 3.63) is 65.2 Å². The lowest BCUT2D eigenvalue weighted by Gasteiger charge is -2.33. The van der Waals surface area contributed by atoms with Crippen LogP contribution in [0.15, 0.2) is 48.5 Å². The third-order valence-corrected chi connectivity index (χ3v) is 5.50. The van der Waals surface area contributed by atoms with Gasteiger partial charge in [-0.05, 0) is 48.1 Å². The second kappa shape index (κ2) is 5.12. The molecule has 1 aliphatic carbocycles. The number of methoxy groups -OCH3 is 1. The summed E-state index contributed by atoms with van der Waals surface area (Å²) in [5.74, 6) is 1.08. The molecular formula is C20H21NO2. The highest BCUT2D eigenvalue weighted by atomic mass is 16.5. The standard InChI is InChI=1S/C20H21NO2/c1-21-16-10-15-8-9-17(23-2)11-18(15)20(13-16,19(21)22)12-14-6-4-3-5-7-14/h3-9,11,16H,10,12-13H2,1-2H3/t16-,20-/m1/s1. The molecule has 0 aromatic heterocycles. The van der Waals surface area contributed by atoms with Crippen LogP contribution in [-0.4, -0.2) is 31.0 Å². The molecule has 0 N–H and O–H groups in total. The highest BCUT2D eigenvalue weighted by molar-refractivity contribution is 5.92. The van der Waals surface area contributed by atoms with Crippen molar-refractivity contribution in [1.82, 2.24) is 4.90 Å². The molecule has 0 saturated carbocycles. The molecule has 1 saturated heterocycles. The van der Waals surface area contributed by atoms with Crippen molar-refractivity contribution < 1.29 is 9.53 Å². The minimum Gasteiger partial charge on any atom is -0.497 e. The van der Waals surface area contributed by atoms with Crippen LogP contribution in [0.5, 0.6) is 5.75 Å². The Bertz CT molecular complexity index is 755. The van der Waals surface area contributed by atoms with Crippen LogP contribution in [0.4, 0.5) is 0 Å². The first-order valence-electron chi connectivity index (χ1n) is 8.12. The number of rotatable bonds is 3. The van der Waals surface area contributed by atoms with Crippen molar-refractivity contribution in [2.75, 3.05) is 14.2 Å². The molecule has 4 rings (SSSR count). The molecule has 2 aromatic rings. The van der Waals surface area contributed by atoms with Crippen molar-refractivity contribution in [2.24, 2.45) is 0 Å². The number of fused-ring (bicyclic) bond motifs is 4. The van der Waals surface area contributed by atoms with Crippen LogP contribution in [-0.2, 0) is 23.1 Å². The summed E-state index contributed by atoms with van der Waals surface area (Å²) in [6.07, 6.45) is 2.60. The second-order valence-corrected chi connectivity index (χ2v) is 6.75. The first-order valence-corrected chi connectivity index (χ1v) is 8.12. The number of likely N-dealkylation sites (N-methyl/N-ethyl adjacent to an activating group) is 1. The Labute approximate surface area is 136 Å². The zero-order valence-corrected chi connectivity index (χ0v) is 13.6. The van der Waals surface area contributed by atoms with Gasteiger partial charge in [-0.15, -0.1) is 0 Å². The molecule has 0 spiro atoms. The highest BCUT2D eigenvalue weighted by Crippen LogP contribution is 2.48. The summed E-state index contributed by atoms with van der Waals surface area (Å²) in [7, 11) is 3.63. The quantitative estimate of drug-likeness (QED) is 0.872. The van der Waals surface area contributed by atoms with Gasteiger partial charge in [0.1, 0.15) is 5.75 Å². The summed E-state index contributed by atoms with van der Waals surface area (Å²) in [4.78, 5) is 15.1. The van der Waals surface area contributed by atoms with Gasteiger partial charge >= 0.3 is 0 Å². The summed E-state index contributed by atoms with van der Waals surface area (Å²) in [5, 5.41) is 0. The molecule has 2 aliphatic rings. The maximum absolute atomic E-state index is 13.2. The van der Waals surface area contributed by atoms with Crippen molar-refractivity contribution in [3.8, 4) is 5.75 Å². The Morgan fingerprint density at radius 2 is 2.00 bits per heavy atom. The average Bonchev–Trinajstić information content (AvgIpc) is 2.78. The van der Waals surface area contributed by atoms with E-state index in [1.54, 1.807) is 7.11 Å². The van der Waals surface area contributed by atoms with Crippen LogP contribution in [0.2, 0.25) is 0 Å². The molecular weight excluding hydrogens is 286 g/mol. The molecule has 118 valence electrons. The van der Waals surface area contributed by atoms with Crippen LogP contribution in [0, 0.1) is 0 Å². The first-order chi connectivity index (χ1) is 11.1. The Hall–Kier alpha value is -2.29. The van der Waals surface area contributed by atoms with E-state index in [0.29, 0.717) is 6.04 Å². The normalized spacial score (nSPS) is 25.4. The van der Waals surface area contributed by atoms with Gasteiger partial charge in [-0.1, -0.05) is 36.4 Å². The molecule has 0 radical (unpaired) electrons. The zero-order chi connectivity index (χ0) is 16.0. The first kappa shape index (κ1) is 14.3. The Morgan fingerprint density at radius 1 is 1.22 bits per heavy atom. The molecule has 2 aromatic carbocycles. The van der Waals surface area contributed by atoms with Crippen molar-refractivity contribution in [2.45, 2.75) is 30.7 Å². The summed E-state index contributed by atoms with van der Waals surface area (Å²) in [6.45, 7) is 0. The molecule has 1 amide bonds. The van der Waals surface area contributed by atoms with Crippen LogP contribution in [0.25, 0.3) is 0 Å². The summed E-state index contributed by atoms with van der Waals surface area (Å²) >= 11 is 0. The van der Waals surface area contributed by atoms with Gasteiger partial charge in [0.05, 0.1) is 12.5 Å². The lowest BCUT2D eigenvalue weighted by molar-refractivity contribution is -0.131. The van der Waals surface area contributed by atoms with Gasteiger partial charge in [0.15, 0.2) is 0 Å². The van der Waals surface area contributed by atoms with Gasteiger partial charge in [-0.3, -0.25) is 4.79 Å². The lowest BCUT2D eigenvalue weighted by Crippen LogP contribution is -2.38. The maximum Gasteiger partial charge on any atom is 0.233 e. The van der Waals surface area contributed by atoms with Crippen LogP contribution in [0.1, 0.15) is 23.1 Å². The summed E-state index contributed by atoms with van der Waals surface area (Å²) in [6, 6.07) is 16.9. The zero-order valence-electron chi connectivity index (χ0n) is 13.6. The van der Waals surface area contributed by atoms with Crippen LogP contribution < -0.4 is 4.74 Å². The van der Waals surface area contributed by atoms with Crippen molar-refractivity contribution >= 4 is 5.91 Å². The molecule has 0 unspecified atom stereocenters. The predicted molar refractivity (Wildman–Crippen MR) is 89.7 cm³/mol. The number of benzene rings is 2. The predicted octanol–water partition coefficient (Wildman–Crippen LogP) is 2.96. The number of likely N-dealkylation sites (tertiary alicyclic amines) is 1. The van der Waals surface area contributed by atoms with E-state index in [1.807, 2.05) is 36.2 Å². The Kier molecular flexibility index (Phi) is 3.19. The highest BCUT2D eigenvalue weighted by Gasteiger charge is 2.54. The van der Waals surface area contributed by atoms with E-state index in [-0.39, 0.29) is 5.91 Å². The molecule has 1 heterocycles. The van der Waals surface area contributed by atoms with E-state index >= 15 is 0 Å². The third-order valence-electron chi connectivity index (χ3n) is 5.50. The third kappa shape index (κ3) is 2.07. The van der Waals surface area contributed by atoms with Gasteiger partial charge in [0, 0.05) is 13.1 Å². The molecule has 1 fully saturated rings. The van der Waals surface area contributed by atoms with E-state index < -0.39 is 5.41 Å². The minimum atomic E-state index is -0.442. The second-order valence-electron chi connectivity index (χ2n) is 6.75. The van der Waals surface area contributed by atoms with E-state index in [1.165, 1.54) is 11.1 Å².